The van der Waals surface area contributed by atoms with Crippen LogP contribution in [0.2, 0.25) is 0 Å². The van der Waals surface area contributed by atoms with Gasteiger partial charge in [0.15, 0.2) is 6.10 Å². The lowest BCUT2D eigenvalue weighted by Crippen LogP contribution is -2.15. The van der Waals surface area contributed by atoms with Crippen LogP contribution in [0.25, 0.3) is 0 Å². The highest BCUT2D eigenvalue weighted by Gasteiger charge is 2.21. The normalized spacial score (nSPS) is 10.3. The molecule has 2 aromatic carbocycles. The van der Waals surface area contributed by atoms with Gasteiger partial charge in [0.05, 0.1) is 7.11 Å². The topological polar surface area (TPSA) is 54.0 Å². The van der Waals surface area contributed by atoms with E-state index in [0.29, 0.717) is 0 Å². The summed E-state index contributed by atoms with van der Waals surface area (Å²) in [5.41, 5.74) is 1.76. The molecule has 2 rings (SSSR count). The van der Waals surface area contributed by atoms with Gasteiger partial charge >= 0.3 is 9.17 Å². The molecule has 0 fully saturated rings. The van der Waals surface area contributed by atoms with Gasteiger partial charge in [-0.15, -0.1) is 0 Å². The van der Waals surface area contributed by atoms with E-state index >= 15 is 0 Å². The Morgan fingerprint density at radius 2 is 1.35 bits per heavy atom. The summed E-state index contributed by atoms with van der Waals surface area (Å²) in [4.78, 5) is 9.53. The summed E-state index contributed by atoms with van der Waals surface area (Å²) in [6.45, 7) is 0. The van der Waals surface area contributed by atoms with Gasteiger partial charge in [-0.25, -0.2) is 4.89 Å². The van der Waals surface area contributed by atoms with Crippen molar-refractivity contribution in [1.29, 1.82) is 0 Å². The summed E-state index contributed by atoms with van der Waals surface area (Å²) in [7, 11) is -1.60. The van der Waals surface area contributed by atoms with Crippen LogP contribution >= 0.6 is 0 Å². The molecule has 0 unspecified atom stereocenters. The highest BCUT2D eigenvalue weighted by atomic mass is 28.3. The quantitative estimate of drug-likeness (QED) is 0.446. The highest BCUT2D eigenvalue weighted by molar-refractivity contribution is 6.25. The first-order valence-electron chi connectivity index (χ1n) is 5.99. The predicted molar refractivity (Wildman–Crippen MR) is 71.4 cm³/mol. The van der Waals surface area contributed by atoms with Crippen molar-refractivity contribution in [3.8, 4) is 0 Å². The van der Waals surface area contributed by atoms with Crippen LogP contribution in [0.4, 0.5) is 0 Å². The van der Waals surface area contributed by atoms with E-state index < -0.39 is 15.3 Å². The monoisotopic (exact) mass is 290 g/mol. The van der Waals surface area contributed by atoms with Crippen molar-refractivity contribution in [2.75, 3.05) is 7.11 Å². The second-order valence-electron chi connectivity index (χ2n) is 3.88. The minimum atomic E-state index is -2.84. The van der Waals surface area contributed by atoms with Gasteiger partial charge in [0, 0.05) is 0 Å². The number of hydrogen-bond acceptors (Lipinski definition) is 5. The summed E-state index contributed by atoms with van der Waals surface area (Å²) in [6.07, 6.45) is -0.494. The number of hydrogen-bond donors (Lipinski definition) is 0. The van der Waals surface area contributed by atoms with Crippen molar-refractivity contribution in [3.05, 3.63) is 71.8 Å². The molecule has 0 aliphatic heterocycles. The zero-order valence-electron chi connectivity index (χ0n) is 10.9. The molecule has 0 aliphatic rings. The molecular formula is C14H14O5Si. The van der Waals surface area contributed by atoms with E-state index in [0.717, 1.165) is 11.1 Å². The molecule has 0 amide bonds. The second-order valence-corrected chi connectivity index (χ2v) is 4.71. The van der Waals surface area contributed by atoms with Gasteiger partial charge in [-0.3, -0.25) is 4.46 Å². The van der Waals surface area contributed by atoms with Crippen LogP contribution in [-0.4, -0.2) is 16.3 Å². The number of rotatable bonds is 7. The molecule has 0 saturated carbocycles. The van der Waals surface area contributed by atoms with Gasteiger partial charge in [-0.05, 0) is 11.1 Å². The van der Waals surface area contributed by atoms with Crippen molar-refractivity contribution in [1.82, 2.24) is 0 Å². The SMILES string of the molecule is COO[Si](=O)OOC(c1ccccc1)c1ccccc1. The van der Waals surface area contributed by atoms with Crippen molar-refractivity contribution in [3.63, 3.8) is 0 Å². The van der Waals surface area contributed by atoms with E-state index in [1.54, 1.807) is 0 Å². The molecule has 2 aromatic rings. The first kappa shape index (κ1) is 14.4. The summed E-state index contributed by atoms with van der Waals surface area (Å²) < 4.78 is 20.4. The van der Waals surface area contributed by atoms with E-state index in [4.69, 9.17) is 9.46 Å². The molecule has 5 nitrogen and oxygen atoms in total. The summed E-state index contributed by atoms with van der Waals surface area (Å²) >= 11 is 0. The Kier molecular flexibility index (Phi) is 5.42. The third-order valence-corrected chi connectivity index (χ3v) is 3.10. The zero-order valence-corrected chi connectivity index (χ0v) is 11.9. The average molecular weight is 290 g/mol. The Bertz CT molecular complexity index is 492. The van der Waals surface area contributed by atoms with Crippen molar-refractivity contribution in [2.45, 2.75) is 6.10 Å². The van der Waals surface area contributed by atoms with E-state index in [1.165, 1.54) is 7.11 Å². The molecule has 6 heteroatoms. The zero-order chi connectivity index (χ0) is 14.2. The Morgan fingerprint density at radius 3 is 1.80 bits per heavy atom. The van der Waals surface area contributed by atoms with E-state index in [2.05, 4.69) is 9.46 Å². The summed E-state index contributed by atoms with van der Waals surface area (Å²) in [6, 6.07) is 19.0. The van der Waals surface area contributed by atoms with Crippen LogP contribution in [0.1, 0.15) is 17.2 Å². The maximum Gasteiger partial charge on any atom is 0.834 e. The molecule has 0 aromatic heterocycles. The fourth-order valence-corrected chi connectivity index (χ4v) is 2.07. The average Bonchev–Trinajstić information content (AvgIpc) is 2.50. The Hall–Kier alpha value is -2.02. The lowest BCUT2D eigenvalue weighted by molar-refractivity contribution is -0.292. The molecule has 0 aliphatic carbocycles. The van der Waals surface area contributed by atoms with Gasteiger partial charge in [-0.2, -0.15) is 4.89 Å². The van der Waals surface area contributed by atoms with Crippen molar-refractivity contribution >= 4 is 9.17 Å². The van der Waals surface area contributed by atoms with Crippen LogP contribution < -0.4 is 0 Å². The standard InChI is InChI=1S/C14H14O5Si/c1-16-18-20(15)19-17-14(12-8-4-2-5-9-12)13-10-6-3-7-11-13/h2-11,14H,1H3. The van der Waals surface area contributed by atoms with Crippen LogP contribution in [0, 0.1) is 0 Å². The van der Waals surface area contributed by atoms with E-state index in [9.17, 15) is 4.46 Å². The first-order valence-corrected chi connectivity index (χ1v) is 7.21. The molecule has 0 radical (unpaired) electrons. The van der Waals surface area contributed by atoms with E-state index in [1.807, 2.05) is 60.7 Å². The van der Waals surface area contributed by atoms with Gasteiger partial charge < -0.3 is 9.15 Å². The molecule has 104 valence electrons. The fraction of sp³-hybridized carbons (Fsp3) is 0.143. The van der Waals surface area contributed by atoms with Gasteiger partial charge in [-0.1, -0.05) is 60.7 Å². The molecular weight excluding hydrogens is 276 g/mol. The van der Waals surface area contributed by atoms with Crippen LogP contribution in [0.5, 0.6) is 0 Å². The summed E-state index contributed by atoms with van der Waals surface area (Å²) in [5.74, 6) is 0. The maximum atomic E-state index is 11.3. The molecule has 0 saturated heterocycles. The van der Waals surface area contributed by atoms with Crippen LogP contribution in [0.3, 0.4) is 0 Å². The minimum absolute atomic E-state index is 0.494. The van der Waals surface area contributed by atoms with Gasteiger partial charge in [0.2, 0.25) is 0 Å². The molecule has 0 atom stereocenters. The third kappa shape index (κ3) is 3.99. The number of benzene rings is 2. The molecule has 0 bridgehead atoms. The molecule has 20 heavy (non-hydrogen) atoms. The molecule has 0 heterocycles. The molecule has 0 N–H and O–H groups in total. The Balaban J connectivity index is 2.15. The fourth-order valence-electron chi connectivity index (χ4n) is 1.73. The minimum Gasteiger partial charge on any atom is -0.327 e. The first-order chi connectivity index (χ1) is 9.81. The van der Waals surface area contributed by atoms with Gasteiger partial charge in [0.1, 0.15) is 0 Å². The van der Waals surface area contributed by atoms with Crippen LogP contribution in [-0.2, 0) is 23.4 Å². The van der Waals surface area contributed by atoms with Crippen LogP contribution in [0.15, 0.2) is 60.7 Å². The van der Waals surface area contributed by atoms with Crippen molar-refractivity contribution in [2.24, 2.45) is 0 Å². The molecule has 0 spiro atoms. The lowest BCUT2D eigenvalue weighted by Gasteiger charge is -2.16. The summed E-state index contributed by atoms with van der Waals surface area (Å²) in [5, 5.41) is 0. The maximum absolute atomic E-state index is 11.3. The Labute approximate surface area is 118 Å². The largest absolute Gasteiger partial charge is 0.834 e. The van der Waals surface area contributed by atoms with Crippen molar-refractivity contribution < 1.29 is 23.4 Å². The Morgan fingerprint density at radius 1 is 0.850 bits per heavy atom. The lowest BCUT2D eigenvalue weighted by atomic mass is 10.0. The third-order valence-electron chi connectivity index (χ3n) is 2.57. The highest BCUT2D eigenvalue weighted by Crippen LogP contribution is 2.25. The predicted octanol–water partition coefficient (Wildman–Crippen LogP) is 2.72. The smallest absolute Gasteiger partial charge is 0.327 e. The second kappa shape index (κ2) is 7.54. The van der Waals surface area contributed by atoms with E-state index in [-0.39, 0.29) is 0 Å². The van der Waals surface area contributed by atoms with Gasteiger partial charge in [0.25, 0.3) is 0 Å².